The van der Waals surface area contributed by atoms with Crippen LogP contribution in [0.4, 0.5) is 5.69 Å². The van der Waals surface area contributed by atoms with E-state index in [9.17, 15) is 9.59 Å². The van der Waals surface area contributed by atoms with E-state index in [1.54, 1.807) is 11.0 Å². The maximum atomic E-state index is 12.7. The molecule has 5 nitrogen and oxygen atoms in total. The summed E-state index contributed by atoms with van der Waals surface area (Å²) >= 11 is 0. The van der Waals surface area contributed by atoms with Crippen molar-refractivity contribution in [3.8, 4) is 0 Å². The van der Waals surface area contributed by atoms with Crippen LogP contribution in [-0.4, -0.2) is 17.0 Å². The Balaban J connectivity index is 1.80. The molecular weight excluding hydrogens is 316 g/mol. The van der Waals surface area contributed by atoms with Crippen molar-refractivity contribution in [3.05, 3.63) is 64.1 Å². The first kappa shape index (κ1) is 17.0. The fourth-order valence-corrected chi connectivity index (χ4v) is 3.16. The number of aryl methyl sites for hydroxylation is 3. The number of fused-ring (bicyclic) bond motifs is 1. The molecule has 130 valence electrons. The third-order valence-electron chi connectivity index (χ3n) is 4.38. The lowest BCUT2D eigenvalue weighted by molar-refractivity contribution is -0.118. The van der Waals surface area contributed by atoms with Crippen molar-refractivity contribution in [1.82, 2.24) is 4.57 Å². The molecule has 0 unspecified atom stereocenters. The lowest BCUT2D eigenvalue weighted by Gasteiger charge is -2.23. The topological polar surface area (TPSA) is 55.5 Å². The zero-order valence-corrected chi connectivity index (χ0v) is 14.8. The molecule has 0 N–H and O–H groups in total. The van der Waals surface area contributed by atoms with Crippen molar-refractivity contribution in [1.29, 1.82) is 0 Å². The average molecular weight is 338 g/mol. The molecule has 3 aromatic rings. The molecule has 5 heteroatoms. The van der Waals surface area contributed by atoms with E-state index < -0.39 is 5.76 Å². The molecule has 0 radical (unpaired) electrons. The predicted molar refractivity (Wildman–Crippen MR) is 99.0 cm³/mol. The van der Waals surface area contributed by atoms with E-state index in [1.807, 2.05) is 51.1 Å². The van der Waals surface area contributed by atoms with Gasteiger partial charge in [-0.15, -0.1) is 0 Å². The van der Waals surface area contributed by atoms with E-state index in [0.717, 1.165) is 16.8 Å². The van der Waals surface area contributed by atoms with Crippen LogP contribution in [0.5, 0.6) is 0 Å². The molecule has 0 atom stereocenters. The zero-order chi connectivity index (χ0) is 18.0. The summed E-state index contributed by atoms with van der Waals surface area (Å²) in [5, 5.41) is 0. The smallest absolute Gasteiger partial charge is 0.408 e. The number of anilines is 1. The molecule has 0 bridgehead atoms. The zero-order valence-electron chi connectivity index (χ0n) is 14.8. The minimum absolute atomic E-state index is 0.00775. The number of carbonyl (C=O) groups excluding carboxylic acids is 1. The summed E-state index contributed by atoms with van der Waals surface area (Å²) in [5.41, 5.74) is 4.42. The van der Waals surface area contributed by atoms with Gasteiger partial charge in [-0.3, -0.25) is 9.36 Å². The van der Waals surface area contributed by atoms with Gasteiger partial charge < -0.3 is 9.32 Å². The fourth-order valence-electron chi connectivity index (χ4n) is 3.16. The number of nitrogens with zero attached hydrogens (tertiary/aromatic N) is 2. The van der Waals surface area contributed by atoms with Gasteiger partial charge in [0.25, 0.3) is 0 Å². The number of para-hydroxylation sites is 2. The Morgan fingerprint density at radius 2 is 1.92 bits per heavy atom. The van der Waals surface area contributed by atoms with E-state index in [4.69, 9.17) is 4.42 Å². The Morgan fingerprint density at radius 3 is 2.64 bits per heavy atom. The Hall–Kier alpha value is -2.82. The maximum absolute atomic E-state index is 12.7. The van der Waals surface area contributed by atoms with Gasteiger partial charge in [0.1, 0.15) is 0 Å². The molecule has 0 aliphatic rings. The number of carbonyl (C=O) groups is 1. The summed E-state index contributed by atoms with van der Waals surface area (Å²) in [5.74, 6) is -0.435. The number of benzene rings is 2. The summed E-state index contributed by atoms with van der Waals surface area (Å²) in [6, 6.07) is 13.3. The van der Waals surface area contributed by atoms with Crippen molar-refractivity contribution in [3.63, 3.8) is 0 Å². The van der Waals surface area contributed by atoms with Crippen molar-refractivity contribution >= 4 is 22.7 Å². The Bertz CT molecular complexity index is 968. The summed E-state index contributed by atoms with van der Waals surface area (Å²) < 4.78 is 6.73. The van der Waals surface area contributed by atoms with Crippen LogP contribution in [0.3, 0.4) is 0 Å². The molecule has 0 fully saturated rings. The molecule has 25 heavy (non-hydrogen) atoms. The van der Waals surface area contributed by atoms with E-state index in [2.05, 4.69) is 6.07 Å². The van der Waals surface area contributed by atoms with Gasteiger partial charge in [-0.25, -0.2) is 4.79 Å². The van der Waals surface area contributed by atoms with Gasteiger partial charge in [0.05, 0.1) is 5.52 Å². The van der Waals surface area contributed by atoms with Gasteiger partial charge in [-0.2, -0.15) is 0 Å². The highest BCUT2D eigenvalue weighted by molar-refractivity contribution is 5.94. The quantitative estimate of drug-likeness (QED) is 0.713. The number of oxazole rings is 1. The molecule has 0 spiro atoms. The SMILES string of the molecule is CCN(C(=O)CCn1c(=O)oc2ccccc21)c1ccc(C)cc1C. The Labute approximate surface area is 146 Å². The molecule has 0 aliphatic heterocycles. The molecule has 1 heterocycles. The third-order valence-corrected chi connectivity index (χ3v) is 4.38. The maximum Gasteiger partial charge on any atom is 0.419 e. The second kappa shape index (κ2) is 6.97. The van der Waals surface area contributed by atoms with E-state index >= 15 is 0 Å². The first-order valence-electron chi connectivity index (χ1n) is 8.47. The van der Waals surface area contributed by atoms with Gasteiger partial charge in [-0.1, -0.05) is 29.8 Å². The number of rotatable bonds is 5. The predicted octanol–water partition coefficient (Wildman–Crippen LogP) is 3.65. The van der Waals surface area contributed by atoms with Crippen molar-refractivity contribution < 1.29 is 9.21 Å². The highest BCUT2D eigenvalue weighted by Gasteiger charge is 2.17. The van der Waals surface area contributed by atoms with Gasteiger partial charge in [-0.05, 0) is 44.5 Å². The van der Waals surface area contributed by atoms with Crippen molar-refractivity contribution in [2.45, 2.75) is 33.7 Å². The van der Waals surface area contributed by atoms with Crippen molar-refractivity contribution in [2.75, 3.05) is 11.4 Å². The van der Waals surface area contributed by atoms with E-state index in [1.165, 1.54) is 10.1 Å². The van der Waals surface area contributed by atoms with Crippen LogP contribution in [0.1, 0.15) is 24.5 Å². The normalized spacial score (nSPS) is 11.0. The summed E-state index contributed by atoms with van der Waals surface area (Å²) in [6.07, 6.45) is 0.241. The highest BCUT2D eigenvalue weighted by Crippen LogP contribution is 2.22. The molecule has 0 saturated carbocycles. The lowest BCUT2D eigenvalue weighted by atomic mass is 10.1. The van der Waals surface area contributed by atoms with Gasteiger partial charge in [0.15, 0.2) is 5.58 Å². The van der Waals surface area contributed by atoms with Gasteiger partial charge in [0, 0.05) is 25.2 Å². The van der Waals surface area contributed by atoms with Crippen LogP contribution in [-0.2, 0) is 11.3 Å². The first-order valence-corrected chi connectivity index (χ1v) is 8.47. The lowest BCUT2D eigenvalue weighted by Crippen LogP contribution is -2.32. The molecule has 0 aliphatic carbocycles. The summed E-state index contributed by atoms with van der Waals surface area (Å²) in [6.45, 7) is 6.88. The summed E-state index contributed by atoms with van der Waals surface area (Å²) in [7, 11) is 0. The van der Waals surface area contributed by atoms with Crippen LogP contribution >= 0.6 is 0 Å². The highest BCUT2D eigenvalue weighted by atomic mass is 16.4. The Morgan fingerprint density at radius 1 is 1.16 bits per heavy atom. The number of hydrogen-bond acceptors (Lipinski definition) is 3. The fraction of sp³-hybridized carbons (Fsp3) is 0.300. The van der Waals surface area contributed by atoms with Crippen LogP contribution in [0.2, 0.25) is 0 Å². The summed E-state index contributed by atoms with van der Waals surface area (Å²) in [4.78, 5) is 26.5. The first-order chi connectivity index (χ1) is 12.0. The third kappa shape index (κ3) is 3.36. The molecule has 3 rings (SSSR count). The minimum Gasteiger partial charge on any atom is -0.408 e. The monoisotopic (exact) mass is 338 g/mol. The number of hydrogen-bond donors (Lipinski definition) is 0. The van der Waals surface area contributed by atoms with E-state index in [0.29, 0.717) is 18.7 Å². The largest absolute Gasteiger partial charge is 0.419 e. The minimum atomic E-state index is -0.427. The Kier molecular flexibility index (Phi) is 4.74. The molecular formula is C20H22N2O3. The van der Waals surface area contributed by atoms with Crippen LogP contribution < -0.4 is 10.7 Å². The second-order valence-corrected chi connectivity index (χ2v) is 6.17. The van der Waals surface area contributed by atoms with Crippen LogP contribution in [0.25, 0.3) is 11.1 Å². The van der Waals surface area contributed by atoms with Crippen molar-refractivity contribution in [2.24, 2.45) is 0 Å². The number of aromatic nitrogens is 1. The van der Waals surface area contributed by atoms with Crippen LogP contribution in [0.15, 0.2) is 51.7 Å². The molecule has 0 saturated heterocycles. The number of amides is 1. The molecule has 2 aromatic carbocycles. The standard InChI is InChI=1S/C20H22N2O3/c1-4-21(16-10-9-14(2)13-15(16)3)19(23)11-12-22-17-7-5-6-8-18(17)25-20(22)24/h5-10,13H,4,11-12H2,1-3H3. The van der Waals surface area contributed by atoms with E-state index in [-0.39, 0.29) is 12.3 Å². The molecule has 1 amide bonds. The second-order valence-electron chi connectivity index (χ2n) is 6.17. The van der Waals surface area contributed by atoms with Gasteiger partial charge >= 0.3 is 5.76 Å². The molecule has 1 aromatic heterocycles. The van der Waals surface area contributed by atoms with Crippen LogP contribution in [0, 0.1) is 13.8 Å². The average Bonchev–Trinajstić information content (AvgIpc) is 2.90. The van der Waals surface area contributed by atoms with Gasteiger partial charge in [0.2, 0.25) is 5.91 Å².